The molecule has 142 valence electrons. The van der Waals surface area contributed by atoms with Crippen molar-refractivity contribution in [2.45, 2.75) is 13.5 Å². The van der Waals surface area contributed by atoms with Gasteiger partial charge in [0.05, 0.1) is 12.7 Å². The average molecular weight is 376 g/mol. The largest absolute Gasteiger partial charge is 0.465 e. The van der Waals surface area contributed by atoms with Crippen molar-refractivity contribution in [3.63, 3.8) is 0 Å². The predicted octanol–water partition coefficient (Wildman–Crippen LogP) is 3.25. The van der Waals surface area contributed by atoms with Gasteiger partial charge in [0.1, 0.15) is 0 Å². The molecule has 0 bridgehead atoms. The minimum atomic E-state index is -0.421. The maximum Gasteiger partial charge on any atom is 0.337 e. The van der Waals surface area contributed by atoms with E-state index in [4.69, 9.17) is 4.74 Å². The summed E-state index contributed by atoms with van der Waals surface area (Å²) < 4.78 is 4.71. The molecule has 0 spiro atoms. The third kappa shape index (κ3) is 4.91. The van der Waals surface area contributed by atoms with Crippen LogP contribution in [-0.2, 0) is 11.3 Å². The lowest BCUT2D eigenvalue weighted by molar-refractivity contribution is 0.0600. The number of anilines is 2. The molecule has 3 rings (SSSR count). The number of nitrogens with zero attached hydrogens (tertiary/aromatic N) is 2. The van der Waals surface area contributed by atoms with E-state index < -0.39 is 5.97 Å². The number of aryl methyl sites for hydroxylation is 1. The van der Waals surface area contributed by atoms with Crippen molar-refractivity contribution in [2.24, 2.45) is 0 Å². The minimum absolute atomic E-state index is 0.224. The highest BCUT2D eigenvalue weighted by Crippen LogP contribution is 2.16. The van der Waals surface area contributed by atoms with Crippen molar-refractivity contribution in [3.8, 4) is 0 Å². The van der Waals surface area contributed by atoms with Crippen molar-refractivity contribution in [3.05, 3.63) is 83.0 Å². The van der Waals surface area contributed by atoms with Gasteiger partial charge >= 0.3 is 5.97 Å². The van der Waals surface area contributed by atoms with Gasteiger partial charge in [-0.25, -0.2) is 4.79 Å². The first kappa shape index (κ1) is 19.0. The third-order valence-corrected chi connectivity index (χ3v) is 3.99. The summed E-state index contributed by atoms with van der Waals surface area (Å²) in [5.74, 6) is -0.263. The summed E-state index contributed by atoms with van der Waals surface area (Å²) in [5, 5.41) is 13.8. The summed E-state index contributed by atoms with van der Waals surface area (Å²) in [6, 6.07) is 18.0. The van der Waals surface area contributed by atoms with E-state index in [0.29, 0.717) is 23.6 Å². The highest BCUT2D eigenvalue weighted by Gasteiger charge is 2.09. The summed E-state index contributed by atoms with van der Waals surface area (Å²) in [6.45, 7) is 2.42. The molecule has 0 atom stereocenters. The monoisotopic (exact) mass is 376 g/mol. The van der Waals surface area contributed by atoms with Crippen molar-refractivity contribution in [1.82, 2.24) is 15.5 Å². The van der Waals surface area contributed by atoms with Gasteiger partial charge in [-0.1, -0.05) is 35.9 Å². The normalized spacial score (nSPS) is 10.2. The summed E-state index contributed by atoms with van der Waals surface area (Å²) in [7, 11) is 1.33. The fourth-order valence-electron chi connectivity index (χ4n) is 2.60. The second kappa shape index (κ2) is 8.77. The van der Waals surface area contributed by atoms with Crippen LogP contribution in [0.15, 0.2) is 60.7 Å². The Labute approximate surface area is 162 Å². The van der Waals surface area contributed by atoms with Gasteiger partial charge < -0.3 is 15.4 Å². The van der Waals surface area contributed by atoms with Crippen LogP contribution in [0.25, 0.3) is 0 Å². The second-order valence-corrected chi connectivity index (χ2v) is 6.17. The van der Waals surface area contributed by atoms with Crippen LogP contribution in [0.1, 0.15) is 32.0 Å². The highest BCUT2D eigenvalue weighted by atomic mass is 16.5. The first-order chi connectivity index (χ1) is 13.5. The van der Waals surface area contributed by atoms with Crippen LogP contribution < -0.4 is 10.6 Å². The van der Waals surface area contributed by atoms with E-state index in [1.807, 2.05) is 31.2 Å². The number of carbonyl (C=O) groups is 2. The van der Waals surface area contributed by atoms with Gasteiger partial charge in [-0.15, -0.1) is 10.2 Å². The van der Waals surface area contributed by atoms with Crippen molar-refractivity contribution >= 4 is 23.4 Å². The number of methoxy groups -OCH3 is 1. The van der Waals surface area contributed by atoms with Crippen LogP contribution in [0.5, 0.6) is 0 Å². The summed E-state index contributed by atoms with van der Waals surface area (Å²) in [6.07, 6.45) is 0. The SMILES string of the molecule is COC(=O)c1cccc(Nc2ccc(C(=O)NCc3cccc(C)c3)nn2)c1. The molecule has 0 unspecified atom stereocenters. The molecule has 1 aromatic heterocycles. The summed E-state index contributed by atoms with van der Waals surface area (Å²) in [4.78, 5) is 23.8. The van der Waals surface area contributed by atoms with Crippen LogP contribution in [0.2, 0.25) is 0 Å². The number of nitrogens with one attached hydrogen (secondary N) is 2. The summed E-state index contributed by atoms with van der Waals surface area (Å²) in [5.41, 5.74) is 3.46. The lowest BCUT2D eigenvalue weighted by atomic mass is 10.1. The molecule has 1 heterocycles. The topological polar surface area (TPSA) is 93.2 Å². The fraction of sp³-hybridized carbons (Fsp3) is 0.143. The van der Waals surface area contributed by atoms with E-state index in [9.17, 15) is 9.59 Å². The van der Waals surface area contributed by atoms with Gasteiger partial charge in [-0.05, 0) is 42.8 Å². The van der Waals surface area contributed by atoms with Gasteiger partial charge in [0.2, 0.25) is 0 Å². The molecule has 0 aliphatic heterocycles. The standard InChI is InChI=1S/C21H20N4O3/c1-14-5-3-6-15(11-14)13-22-20(26)18-9-10-19(25-24-18)23-17-8-4-7-16(12-17)21(27)28-2/h3-12H,13H2,1-2H3,(H,22,26)(H,23,25). The van der Waals surface area contributed by atoms with E-state index in [1.165, 1.54) is 7.11 Å². The van der Waals surface area contributed by atoms with Gasteiger partial charge in [-0.3, -0.25) is 4.79 Å². The first-order valence-corrected chi connectivity index (χ1v) is 8.68. The van der Waals surface area contributed by atoms with E-state index in [-0.39, 0.29) is 11.6 Å². The third-order valence-electron chi connectivity index (χ3n) is 3.99. The number of hydrogen-bond acceptors (Lipinski definition) is 6. The molecule has 28 heavy (non-hydrogen) atoms. The Kier molecular flexibility index (Phi) is 5.96. The number of rotatable bonds is 6. The lowest BCUT2D eigenvalue weighted by Gasteiger charge is -2.08. The minimum Gasteiger partial charge on any atom is -0.465 e. The zero-order chi connectivity index (χ0) is 19.9. The molecule has 2 aromatic carbocycles. The van der Waals surface area contributed by atoms with Gasteiger partial charge in [-0.2, -0.15) is 0 Å². The molecule has 0 saturated heterocycles. The lowest BCUT2D eigenvalue weighted by Crippen LogP contribution is -2.24. The zero-order valence-corrected chi connectivity index (χ0v) is 15.6. The molecule has 2 N–H and O–H groups in total. The Hall–Kier alpha value is -3.74. The molecule has 0 saturated carbocycles. The Morgan fingerprint density at radius 1 is 1.00 bits per heavy atom. The number of hydrogen-bond donors (Lipinski definition) is 2. The molecule has 0 aliphatic rings. The number of esters is 1. The Balaban J connectivity index is 1.61. The molecule has 7 nitrogen and oxygen atoms in total. The Morgan fingerprint density at radius 3 is 2.54 bits per heavy atom. The molecular formula is C21H20N4O3. The molecule has 0 fully saturated rings. The van der Waals surface area contributed by atoms with E-state index in [1.54, 1.807) is 36.4 Å². The number of ether oxygens (including phenoxy) is 1. The van der Waals surface area contributed by atoms with E-state index in [2.05, 4.69) is 20.8 Å². The number of benzene rings is 2. The smallest absolute Gasteiger partial charge is 0.337 e. The predicted molar refractivity (Wildman–Crippen MR) is 105 cm³/mol. The number of aromatic nitrogens is 2. The molecule has 7 heteroatoms. The zero-order valence-electron chi connectivity index (χ0n) is 15.6. The maximum atomic E-state index is 12.2. The maximum absolute atomic E-state index is 12.2. The molecular weight excluding hydrogens is 356 g/mol. The Bertz CT molecular complexity index is 987. The van der Waals surface area contributed by atoms with Gasteiger partial charge in [0, 0.05) is 12.2 Å². The van der Waals surface area contributed by atoms with Gasteiger partial charge in [0.25, 0.3) is 5.91 Å². The van der Waals surface area contributed by atoms with Crippen LogP contribution in [0, 0.1) is 6.92 Å². The van der Waals surface area contributed by atoms with Crippen LogP contribution in [0.3, 0.4) is 0 Å². The van der Waals surface area contributed by atoms with E-state index >= 15 is 0 Å². The summed E-state index contributed by atoms with van der Waals surface area (Å²) >= 11 is 0. The molecule has 3 aromatic rings. The quantitative estimate of drug-likeness (QED) is 0.642. The van der Waals surface area contributed by atoms with E-state index in [0.717, 1.165) is 11.1 Å². The second-order valence-electron chi connectivity index (χ2n) is 6.17. The number of amides is 1. The van der Waals surface area contributed by atoms with Crippen LogP contribution in [-0.4, -0.2) is 29.2 Å². The molecule has 1 amide bonds. The van der Waals surface area contributed by atoms with Gasteiger partial charge in [0.15, 0.2) is 11.5 Å². The van der Waals surface area contributed by atoms with Crippen molar-refractivity contribution in [2.75, 3.05) is 12.4 Å². The van der Waals surface area contributed by atoms with Crippen molar-refractivity contribution < 1.29 is 14.3 Å². The highest BCUT2D eigenvalue weighted by molar-refractivity contribution is 5.92. The molecule has 0 aliphatic carbocycles. The first-order valence-electron chi connectivity index (χ1n) is 8.68. The fourth-order valence-corrected chi connectivity index (χ4v) is 2.60. The van der Waals surface area contributed by atoms with Crippen molar-refractivity contribution in [1.29, 1.82) is 0 Å². The number of carbonyl (C=O) groups excluding carboxylic acids is 2. The Morgan fingerprint density at radius 2 is 1.82 bits per heavy atom. The molecule has 0 radical (unpaired) electrons. The van der Waals surface area contributed by atoms with Crippen LogP contribution in [0.4, 0.5) is 11.5 Å². The average Bonchev–Trinajstić information content (AvgIpc) is 2.72. The van der Waals surface area contributed by atoms with Crippen LogP contribution >= 0.6 is 0 Å².